The maximum atomic E-state index is 12.6. The SMILES string of the molecule is O=c1[nH]c2cccc(NS(=O)(=O)c3ccc(OC4CCCC4)cc3)c2o1. The van der Waals surface area contributed by atoms with Crippen LogP contribution in [0.15, 0.2) is 56.6 Å². The molecule has 1 fully saturated rings. The highest BCUT2D eigenvalue weighted by Gasteiger charge is 2.19. The van der Waals surface area contributed by atoms with Gasteiger partial charge in [0.2, 0.25) is 0 Å². The number of sulfonamides is 1. The van der Waals surface area contributed by atoms with Gasteiger partial charge in [-0.3, -0.25) is 9.71 Å². The number of aromatic nitrogens is 1. The molecule has 1 aliphatic rings. The molecule has 4 rings (SSSR count). The topological polar surface area (TPSA) is 101 Å². The number of fused-ring (bicyclic) bond motifs is 1. The van der Waals surface area contributed by atoms with Crippen molar-refractivity contribution in [2.24, 2.45) is 0 Å². The Labute approximate surface area is 150 Å². The summed E-state index contributed by atoms with van der Waals surface area (Å²) < 4.78 is 38.6. The molecule has 8 heteroatoms. The average Bonchev–Trinajstić information content (AvgIpc) is 3.24. The lowest BCUT2D eigenvalue weighted by Crippen LogP contribution is -2.14. The Morgan fingerprint density at radius 1 is 1.08 bits per heavy atom. The number of ether oxygens (including phenoxy) is 1. The first kappa shape index (κ1) is 16.7. The van der Waals surface area contributed by atoms with Gasteiger partial charge >= 0.3 is 5.76 Å². The molecule has 2 N–H and O–H groups in total. The quantitative estimate of drug-likeness (QED) is 0.714. The summed E-state index contributed by atoms with van der Waals surface area (Å²) in [6, 6.07) is 11.1. The number of nitrogens with one attached hydrogen (secondary N) is 2. The predicted octanol–water partition coefficient (Wildman–Crippen LogP) is 3.24. The lowest BCUT2D eigenvalue weighted by atomic mass is 10.3. The molecule has 1 aromatic heterocycles. The molecule has 0 spiro atoms. The van der Waals surface area contributed by atoms with E-state index in [2.05, 4.69) is 9.71 Å². The van der Waals surface area contributed by atoms with Crippen molar-refractivity contribution in [2.75, 3.05) is 4.72 Å². The third-order valence-corrected chi connectivity index (χ3v) is 5.81. The predicted molar refractivity (Wildman–Crippen MR) is 97.0 cm³/mol. The molecule has 0 radical (unpaired) electrons. The van der Waals surface area contributed by atoms with Crippen LogP contribution in [0.1, 0.15) is 25.7 Å². The minimum absolute atomic E-state index is 0.103. The molecule has 0 bridgehead atoms. The van der Waals surface area contributed by atoms with Crippen LogP contribution in [0.25, 0.3) is 11.1 Å². The second kappa shape index (κ2) is 6.53. The van der Waals surface area contributed by atoms with Crippen molar-refractivity contribution in [3.63, 3.8) is 0 Å². The second-order valence-corrected chi connectivity index (χ2v) is 7.98. The third-order valence-electron chi connectivity index (χ3n) is 4.43. The normalized spacial score (nSPS) is 15.4. The highest BCUT2D eigenvalue weighted by molar-refractivity contribution is 7.92. The van der Waals surface area contributed by atoms with Gasteiger partial charge in [0.15, 0.2) is 5.58 Å². The summed E-state index contributed by atoms with van der Waals surface area (Å²) in [6.07, 6.45) is 4.62. The van der Waals surface area contributed by atoms with Crippen molar-refractivity contribution in [3.05, 3.63) is 53.0 Å². The number of oxazole rings is 1. The number of rotatable bonds is 5. The first-order chi connectivity index (χ1) is 12.5. The minimum atomic E-state index is -3.82. The van der Waals surface area contributed by atoms with Gasteiger partial charge in [-0.1, -0.05) is 6.07 Å². The molecule has 1 heterocycles. The molecule has 0 unspecified atom stereocenters. The van der Waals surface area contributed by atoms with E-state index in [-0.39, 0.29) is 22.3 Å². The maximum Gasteiger partial charge on any atom is 0.417 e. The molecule has 2 aromatic carbocycles. The Morgan fingerprint density at radius 2 is 1.81 bits per heavy atom. The lowest BCUT2D eigenvalue weighted by molar-refractivity contribution is 0.210. The summed E-state index contributed by atoms with van der Waals surface area (Å²) in [6.45, 7) is 0. The van der Waals surface area contributed by atoms with Crippen LogP contribution in [-0.4, -0.2) is 19.5 Å². The Balaban J connectivity index is 1.56. The van der Waals surface area contributed by atoms with Crippen LogP contribution in [0, 0.1) is 0 Å². The molecular weight excluding hydrogens is 356 g/mol. The van der Waals surface area contributed by atoms with E-state index >= 15 is 0 Å². The average molecular weight is 374 g/mol. The van der Waals surface area contributed by atoms with Gasteiger partial charge in [-0.25, -0.2) is 13.2 Å². The highest BCUT2D eigenvalue weighted by Crippen LogP contribution is 2.27. The number of benzene rings is 2. The van der Waals surface area contributed by atoms with E-state index in [9.17, 15) is 13.2 Å². The molecule has 0 aliphatic heterocycles. The zero-order valence-electron chi connectivity index (χ0n) is 13.9. The molecule has 0 saturated heterocycles. The van der Waals surface area contributed by atoms with Gasteiger partial charge in [0.1, 0.15) is 5.75 Å². The zero-order valence-corrected chi connectivity index (χ0v) is 14.7. The van der Waals surface area contributed by atoms with Crippen molar-refractivity contribution >= 4 is 26.8 Å². The molecule has 3 aromatic rings. The second-order valence-electron chi connectivity index (χ2n) is 6.30. The van der Waals surface area contributed by atoms with Crippen LogP contribution in [0.2, 0.25) is 0 Å². The maximum absolute atomic E-state index is 12.6. The van der Waals surface area contributed by atoms with Crippen LogP contribution < -0.4 is 15.2 Å². The Kier molecular flexibility index (Phi) is 4.20. The molecule has 26 heavy (non-hydrogen) atoms. The van der Waals surface area contributed by atoms with Gasteiger partial charge in [-0.15, -0.1) is 0 Å². The van der Waals surface area contributed by atoms with Gasteiger partial charge in [0.25, 0.3) is 10.0 Å². The number of H-pyrrole nitrogens is 1. The molecule has 0 amide bonds. The van der Waals surface area contributed by atoms with Gasteiger partial charge in [0, 0.05) is 0 Å². The molecule has 1 aliphatic carbocycles. The van der Waals surface area contributed by atoms with Crippen LogP contribution in [-0.2, 0) is 10.0 Å². The van der Waals surface area contributed by atoms with Crippen molar-refractivity contribution in [2.45, 2.75) is 36.7 Å². The number of anilines is 1. The minimum Gasteiger partial charge on any atom is -0.490 e. The number of para-hydroxylation sites is 1. The van der Waals surface area contributed by atoms with Gasteiger partial charge in [-0.2, -0.15) is 0 Å². The number of aromatic amines is 1. The van der Waals surface area contributed by atoms with Crippen molar-refractivity contribution in [3.8, 4) is 5.75 Å². The van der Waals surface area contributed by atoms with Crippen LogP contribution in [0.5, 0.6) is 5.75 Å². The lowest BCUT2D eigenvalue weighted by Gasteiger charge is -2.13. The summed E-state index contributed by atoms with van der Waals surface area (Å²) in [5.41, 5.74) is 0.796. The van der Waals surface area contributed by atoms with Gasteiger partial charge in [0.05, 0.1) is 22.2 Å². The van der Waals surface area contributed by atoms with Crippen LogP contribution in [0.3, 0.4) is 0 Å². The molecular formula is C18H18N2O5S. The van der Waals surface area contributed by atoms with Crippen molar-refractivity contribution in [1.82, 2.24) is 4.98 Å². The van der Waals surface area contributed by atoms with E-state index < -0.39 is 15.8 Å². The first-order valence-corrected chi connectivity index (χ1v) is 9.91. The van der Waals surface area contributed by atoms with Crippen LogP contribution in [0.4, 0.5) is 5.69 Å². The monoisotopic (exact) mass is 374 g/mol. The first-order valence-electron chi connectivity index (χ1n) is 8.43. The Morgan fingerprint density at radius 3 is 2.54 bits per heavy atom. The Bertz CT molecular complexity index is 1080. The standard InChI is InChI=1S/C18H18N2O5S/c21-18-19-15-6-3-7-16(17(15)25-18)20-26(22,23)14-10-8-13(9-11-14)24-12-4-1-2-5-12/h3,6-12,20H,1-2,4-5H2,(H,19,21). The summed E-state index contributed by atoms with van der Waals surface area (Å²) in [5.74, 6) is 0.0228. The molecule has 7 nitrogen and oxygen atoms in total. The summed E-state index contributed by atoms with van der Waals surface area (Å²) in [7, 11) is -3.82. The van der Waals surface area contributed by atoms with Crippen molar-refractivity contribution < 1.29 is 17.6 Å². The molecule has 136 valence electrons. The summed E-state index contributed by atoms with van der Waals surface area (Å²) in [5, 5.41) is 0. The van der Waals surface area contributed by atoms with Gasteiger partial charge in [-0.05, 0) is 62.1 Å². The van der Waals surface area contributed by atoms with E-state index in [1.807, 2.05) is 0 Å². The Hall–Kier alpha value is -2.74. The fraction of sp³-hybridized carbons (Fsp3) is 0.278. The number of hydrogen-bond acceptors (Lipinski definition) is 5. The largest absolute Gasteiger partial charge is 0.490 e. The fourth-order valence-electron chi connectivity index (χ4n) is 3.15. The van der Waals surface area contributed by atoms with Crippen LogP contribution >= 0.6 is 0 Å². The summed E-state index contributed by atoms with van der Waals surface area (Å²) in [4.78, 5) is 13.9. The van der Waals surface area contributed by atoms with E-state index in [0.29, 0.717) is 11.3 Å². The van der Waals surface area contributed by atoms with Crippen molar-refractivity contribution in [1.29, 1.82) is 0 Å². The van der Waals surface area contributed by atoms with E-state index in [4.69, 9.17) is 9.15 Å². The summed E-state index contributed by atoms with van der Waals surface area (Å²) >= 11 is 0. The van der Waals surface area contributed by atoms with E-state index in [1.165, 1.54) is 31.0 Å². The smallest absolute Gasteiger partial charge is 0.417 e. The fourth-order valence-corrected chi connectivity index (χ4v) is 4.22. The zero-order chi connectivity index (χ0) is 18.1. The number of hydrogen-bond donors (Lipinski definition) is 2. The molecule has 1 saturated carbocycles. The highest BCUT2D eigenvalue weighted by atomic mass is 32.2. The van der Waals surface area contributed by atoms with E-state index in [1.54, 1.807) is 24.3 Å². The van der Waals surface area contributed by atoms with Gasteiger partial charge < -0.3 is 9.15 Å². The molecule has 0 atom stereocenters. The third kappa shape index (κ3) is 3.32. The van der Waals surface area contributed by atoms with E-state index in [0.717, 1.165) is 12.8 Å².